The van der Waals surface area contributed by atoms with Crippen LogP contribution in [-0.4, -0.2) is 5.91 Å². The zero-order chi connectivity index (χ0) is 13.0. The fourth-order valence-corrected chi connectivity index (χ4v) is 2.40. The molecule has 2 nitrogen and oxygen atoms in total. The van der Waals surface area contributed by atoms with Crippen LogP contribution in [0.25, 0.3) is 0 Å². The zero-order valence-corrected chi connectivity index (χ0v) is 11.6. The Bertz CT molecular complexity index is 539. The first kappa shape index (κ1) is 12.8. The summed E-state index contributed by atoms with van der Waals surface area (Å²) in [6.07, 6.45) is 0. The van der Waals surface area contributed by atoms with Gasteiger partial charge in [0.25, 0.3) is 5.91 Å². The lowest BCUT2D eigenvalue weighted by Crippen LogP contribution is -2.26. The van der Waals surface area contributed by atoms with Crippen molar-refractivity contribution in [3.63, 3.8) is 0 Å². The van der Waals surface area contributed by atoms with Crippen molar-refractivity contribution >= 4 is 21.8 Å². The average Bonchev–Trinajstić information content (AvgIpc) is 2.40. The van der Waals surface area contributed by atoms with Crippen molar-refractivity contribution in [1.29, 1.82) is 0 Å². The number of carbonyl (C=O) groups is 1. The first-order valence-electron chi connectivity index (χ1n) is 5.79. The molecule has 0 aliphatic heterocycles. The molecule has 2 aromatic rings. The van der Waals surface area contributed by atoms with Gasteiger partial charge in [0.1, 0.15) is 0 Å². The number of nitrogens with one attached hydrogen (secondary N) is 1. The van der Waals surface area contributed by atoms with Gasteiger partial charge in [0, 0.05) is 10.0 Å². The van der Waals surface area contributed by atoms with Gasteiger partial charge in [0.15, 0.2) is 0 Å². The molecule has 0 heterocycles. The topological polar surface area (TPSA) is 29.1 Å². The molecular weight excluding hydrogens is 290 g/mol. The zero-order valence-electron chi connectivity index (χ0n) is 10.1. The molecule has 0 aliphatic carbocycles. The Morgan fingerprint density at radius 2 is 1.67 bits per heavy atom. The molecule has 0 unspecified atom stereocenters. The second-order valence-corrected chi connectivity index (χ2v) is 4.94. The molecule has 1 atom stereocenters. The van der Waals surface area contributed by atoms with E-state index >= 15 is 0 Å². The van der Waals surface area contributed by atoms with Crippen molar-refractivity contribution in [3.05, 3.63) is 70.2 Å². The van der Waals surface area contributed by atoms with Crippen LogP contribution < -0.4 is 5.32 Å². The summed E-state index contributed by atoms with van der Waals surface area (Å²) in [6, 6.07) is 17.1. The third-order valence-corrected chi connectivity index (χ3v) is 3.48. The minimum absolute atomic E-state index is 0.0340. The summed E-state index contributed by atoms with van der Waals surface area (Å²) in [4.78, 5) is 12.0. The Kier molecular flexibility index (Phi) is 4.15. The number of hydrogen-bond donors (Lipinski definition) is 1. The monoisotopic (exact) mass is 303 g/mol. The molecule has 1 amide bonds. The Morgan fingerprint density at radius 3 is 2.33 bits per heavy atom. The van der Waals surface area contributed by atoms with Gasteiger partial charge in [0.05, 0.1) is 6.04 Å². The molecule has 0 spiro atoms. The third kappa shape index (κ3) is 2.99. The molecule has 2 rings (SSSR count). The van der Waals surface area contributed by atoms with Gasteiger partial charge in [-0.25, -0.2) is 0 Å². The van der Waals surface area contributed by atoms with E-state index < -0.39 is 0 Å². The Hall–Kier alpha value is -1.61. The van der Waals surface area contributed by atoms with E-state index in [1.807, 2.05) is 61.5 Å². The van der Waals surface area contributed by atoms with Crippen LogP contribution in [0, 0.1) is 0 Å². The number of rotatable bonds is 3. The summed E-state index contributed by atoms with van der Waals surface area (Å²) in [5, 5.41) is 2.98. The lowest BCUT2D eigenvalue weighted by molar-refractivity contribution is 0.0940. The lowest BCUT2D eigenvalue weighted by Gasteiger charge is -2.15. The van der Waals surface area contributed by atoms with E-state index in [1.165, 1.54) is 0 Å². The van der Waals surface area contributed by atoms with E-state index in [-0.39, 0.29) is 11.9 Å². The molecule has 2 aromatic carbocycles. The van der Waals surface area contributed by atoms with Crippen LogP contribution in [0.3, 0.4) is 0 Å². The Balaban J connectivity index is 2.11. The van der Waals surface area contributed by atoms with Gasteiger partial charge < -0.3 is 5.32 Å². The molecule has 0 radical (unpaired) electrons. The molecule has 0 aromatic heterocycles. The molecular formula is C15H14BrNO. The van der Waals surface area contributed by atoms with Crippen LogP contribution in [-0.2, 0) is 0 Å². The average molecular weight is 304 g/mol. The second kappa shape index (κ2) is 5.83. The first-order chi connectivity index (χ1) is 8.68. The van der Waals surface area contributed by atoms with E-state index in [4.69, 9.17) is 0 Å². The molecule has 0 aliphatic rings. The van der Waals surface area contributed by atoms with Gasteiger partial charge in [-0.05, 0) is 30.7 Å². The van der Waals surface area contributed by atoms with Gasteiger partial charge in [-0.15, -0.1) is 0 Å². The summed E-state index contributed by atoms with van der Waals surface area (Å²) >= 11 is 3.49. The number of carbonyl (C=O) groups excluding carboxylic acids is 1. The highest BCUT2D eigenvalue weighted by Gasteiger charge is 2.12. The van der Waals surface area contributed by atoms with Crippen LogP contribution >= 0.6 is 15.9 Å². The number of halogens is 1. The predicted octanol–water partition coefficient (Wildman–Crippen LogP) is 3.94. The standard InChI is InChI=1S/C15H14BrNO/c1-11(13-9-5-6-10-14(13)16)17-15(18)12-7-3-2-4-8-12/h2-11H,1H3,(H,17,18)/t11-/m1/s1. The quantitative estimate of drug-likeness (QED) is 0.914. The van der Waals surface area contributed by atoms with E-state index in [1.54, 1.807) is 0 Å². The van der Waals surface area contributed by atoms with E-state index in [0.29, 0.717) is 5.56 Å². The second-order valence-electron chi connectivity index (χ2n) is 4.08. The van der Waals surface area contributed by atoms with Gasteiger partial charge >= 0.3 is 0 Å². The predicted molar refractivity (Wildman–Crippen MR) is 76.5 cm³/mol. The molecule has 18 heavy (non-hydrogen) atoms. The van der Waals surface area contributed by atoms with Crippen LogP contribution in [0.2, 0.25) is 0 Å². The molecule has 0 saturated carbocycles. The van der Waals surface area contributed by atoms with Gasteiger partial charge in [0.2, 0.25) is 0 Å². The van der Waals surface area contributed by atoms with Crippen LogP contribution in [0.5, 0.6) is 0 Å². The van der Waals surface area contributed by atoms with Gasteiger partial charge in [-0.2, -0.15) is 0 Å². The normalized spacial score (nSPS) is 11.9. The summed E-state index contributed by atoms with van der Waals surface area (Å²) in [7, 11) is 0. The first-order valence-corrected chi connectivity index (χ1v) is 6.58. The van der Waals surface area contributed by atoms with Crippen molar-refractivity contribution in [2.24, 2.45) is 0 Å². The maximum atomic E-state index is 12.0. The third-order valence-electron chi connectivity index (χ3n) is 2.76. The maximum absolute atomic E-state index is 12.0. The molecule has 1 N–H and O–H groups in total. The maximum Gasteiger partial charge on any atom is 0.251 e. The SMILES string of the molecule is C[C@@H](NC(=O)c1ccccc1)c1ccccc1Br. The van der Waals surface area contributed by atoms with E-state index in [9.17, 15) is 4.79 Å². The van der Waals surface area contributed by atoms with Crippen molar-refractivity contribution in [2.75, 3.05) is 0 Å². The Labute approximate surface area is 115 Å². The molecule has 3 heteroatoms. The van der Waals surface area contributed by atoms with Crippen molar-refractivity contribution in [2.45, 2.75) is 13.0 Å². The number of hydrogen-bond acceptors (Lipinski definition) is 1. The summed E-state index contributed by atoms with van der Waals surface area (Å²) in [6.45, 7) is 1.97. The fraction of sp³-hybridized carbons (Fsp3) is 0.133. The summed E-state index contributed by atoms with van der Waals surface area (Å²) in [5.74, 6) is -0.0566. The largest absolute Gasteiger partial charge is 0.345 e. The lowest BCUT2D eigenvalue weighted by atomic mass is 10.1. The van der Waals surface area contributed by atoms with Crippen LogP contribution in [0.4, 0.5) is 0 Å². The minimum Gasteiger partial charge on any atom is -0.345 e. The van der Waals surface area contributed by atoms with E-state index in [0.717, 1.165) is 10.0 Å². The summed E-state index contributed by atoms with van der Waals surface area (Å²) < 4.78 is 1.01. The highest BCUT2D eigenvalue weighted by atomic mass is 79.9. The highest BCUT2D eigenvalue weighted by Crippen LogP contribution is 2.22. The molecule has 0 saturated heterocycles. The molecule has 0 fully saturated rings. The number of amides is 1. The highest BCUT2D eigenvalue weighted by molar-refractivity contribution is 9.10. The van der Waals surface area contributed by atoms with Gasteiger partial charge in [-0.1, -0.05) is 52.3 Å². The number of benzene rings is 2. The van der Waals surface area contributed by atoms with Crippen molar-refractivity contribution in [1.82, 2.24) is 5.32 Å². The van der Waals surface area contributed by atoms with E-state index in [2.05, 4.69) is 21.2 Å². The molecule has 92 valence electrons. The van der Waals surface area contributed by atoms with Crippen molar-refractivity contribution in [3.8, 4) is 0 Å². The van der Waals surface area contributed by atoms with Crippen LogP contribution in [0.15, 0.2) is 59.1 Å². The summed E-state index contributed by atoms with van der Waals surface area (Å²) in [5.41, 5.74) is 1.75. The smallest absolute Gasteiger partial charge is 0.251 e. The van der Waals surface area contributed by atoms with Gasteiger partial charge in [-0.3, -0.25) is 4.79 Å². The van der Waals surface area contributed by atoms with Crippen LogP contribution in [0.1, 0.15) is 28.9 Å². The molecule has 0 bridgehead atoms. The van der Waals surface area contributed by atoms with Crippen molar-refractivity contribution < 1.29 is 4.79 Å². The Morgan fingerprint density at radius 1 is 1.06 bits per heavy atom. The fourth-order valence-electron chi connectivity index (χ4n) is 1.77. The minimum atomic E-state index is -0.0566.